The second kappa shape index (κ2) is 14.0. The fourth-order valence-corrected chi connectivity index (χ4v) is 3.95. The van der Waals surface area contributed by atoms with Crippen LogP contribution in [0.4, 0.5) is 0 Å². The lowest BCUT2D eigenvalue weighted by atomic mass is 9.98. The van der Waals surface area contributed by atoms with Crippen molar-refractivity contribution in [2.24, 2.45) is 11.5 Å². The van der Waals surface area contributed by atoms with E-state index in [9.17, 15) is 0 Å². The maximum atomic E-state index is 6.30. The summed E-state index contributed by atoms with van der Waals surface area (Å²) in [6.45, 7) is 5.13. The first-order valence-electron chi connectivity index (χ1n) is 12.1. The minimum Gasteiger partial charge on any atom is -0.397 e. The number of hydrogen-bond acceptors (Lipinski definition) is 6. The number of benzene rings is 1. The zero-order valence-corrected chi connectivity index (χ0v) is 20.8. The standard InChI is InChI=1S/C18H22N4O.C11H15N/c1-23-12-6-7-14(18(20)17-9-3-5-11-22-17)13-15(19)16-8-2-4-10-21-16;1-9-2-4-10(5-3-9)11-6-7-12-8-11/h2-5,8-11,13H,6-7,12,19-20H2,1H3;2-5,11-12H,6-8H2,1H3/b15-13-,18-14-;. The average molecular weight is 472 g/mol. The van der Waals surface area contributed by atoms with Gasteiger partial charge in [0.15, 0.2) is 0 Å². The highest BCUT2D eigenvalue weighted by molar-refractivity contribution is 5.71. The Hall–Kier alpha value is -3.48. The molecule has 0 aliphatic carbocycles. The predicted molar refractivity (Wildman–Crippen MR) is 144 cm³/mol. The van der Waals surface area contributed by atoms with Crippen LogP contribution in [0.15, 0.2) is 84.7 Å². The van der Waals surface area contributed by atoms with Gasteiger partial charge in [-0.15, -0.1) is 0 Å². The molecular formula is C29H37N5O. The largest absolute Gasteiger partial charge is 0.397 e. The van der Waals surface area contributed by atoms with E-state index in [4.69, 9.17) is 16.2 Å². The molecule has 2 aromatic heterocycles. The number of aryl methyl sites for hydroxylation is 1. The first kappa shape index (κ1) is 26.1. The van der Waals surface area contributed by atoms with Crippen LogP contribution in [-0.4, -0.2) is 36.8 Å². The van der Waals surface area contributed by atoms with Crippen LogP contribution in [0.25, 0.3) is 11.4 Å². The summed E-state index contributed by atoms with van der Waals surface area (Å²) in [7, 11) is 1.68. The van der Waals surface area contributed by atoms with Crippen LogP contribution in [0.5, 0.6) is 0 Å². The van der Waals surface area contributed by atoms with Gasteiger partial charge in [-0.3, -0.25) is 9.97 Å². The fraction of sp³-hybridized carbons (Fsp3) is 0.310. The zero-order valence-electron chi connectivity index (χ0n) is 20.8. The molecule has 1 atom stereocenters. The molecule has 184 valence electrons. The Morgan fingerprint density at radius 2 is 1.69 bits per heavy atom. The minimum absolute atomic E-state index is 0.580. The summed E-state index contributed by atoms with van der Waals surface area (Å²) in [6, 6.07) is 20.2. The van der Waals surface area contributed by atoms with Crippen molar-refractivity contribution in [3.05, 3.63) is 107 Å². The second-order valence-corrected chi connectivity index (χ2v) is 8.67. The molecule has 0 amide bonds. The zero-order chi connectivity index (χ0) is 24.9. The minimum atomic E-state index is 0.580. The van der Waals surface area contributed by atoms with Gasteiger partial charge in [-0.2, -0.15) is 0 Å². The van der Waals surface area contributed by atoms with E-state index in [1.807, 2.05) is 42.5 Å². The van der Waals surface area contributed by atoms with Gasteiger partial charge in [0.2, 0.25) is 0 Å². The van der Waals surface area contributed by atoms with Gasteiger partial charge in [0.25, 0.3) is 0 Å². The van der Waals surface area contributed by atoms with Crippen LogP contribution in [0, 0.1) is 6.92 Å². The summed E-state index contributed by atoms with van der Waals surface area (Å²) in [5, 5.41) is 3.39. The summed E-state index contributed by atoms with van der Waals surface area (Å²) in [5.74, 6) is 0.755. The van der Waals surface area contributed by atoms with E-state index in [0.29, 0.717) is 18.0 Å². The van der Waals surface area contributed by atoms with Crippen molar-refractivity contribution in [1.29, 1.82) is 0 Å². The van der Waals surface area contributed by atoms with E-state index in [1.54, 1.807) is 19.5 Å². The second-order valence-electron chi connectivity index (χ2n) is 8.67. The maximum Gasteiger partial charge on any atom is 0.0861 e. The SMILES string of the molecule is COCCCC(/C=C(\N)c1ccccn1)=C(/N)c1ccccn1.Cc1ccc(C2CCNC2)cc1. The number of ether oxygens (including phenoxy) is 1. The lowest BCUT2D eigenvalue weighted by Crippen LogP contribution is -2.07. The number of nitrogens with zero attached hydrogens (tertiary/aromatic N) is 2. The molecule has 0 bridgehead atoms. The van der Waals surface area contributed by atoms with E-state index in [0.717, 1.165) is 42.3 Å². The van der Waals surface area contributed by atoms with Gasteiger partial charge in [0, 0.05) is 32.7 Å². The van der Waals surface area contributed by atoms with Gasteiger partial charge < -0.3 is 21.5 Å². The predicted octanol–water partition coefficient (Wildman–Crippen LogP) is 4.64. The molecule has 6 heteroatoms. The highest BCUT2D eigenvalue weighted by Crippen LogP contribution is 2.22. The Morgan fingerprint density at radius 1 is 1.00 bits per heavy atom. The lowest BCUT2D eigenvalue weighted by Gasteiger charge is -2.10. The van der Waals surface area contributed by atoms with Crippen molar-refractivity contribution in [2.45, 2.75) is 32.1 Å². The van der Waals surface area contributed by atoms with Gasteiger partial charge >= 0.3 is 0 Å². The molecule has 0 spiro atoms. The molecule has 1 saturated heterocycles. The van der Waals surface area contributed by atoms with Gasteiger partial charge in [0.05, 0.1) is 22.8 Å². The Balaban J connectivity index is 0.000000237. The van der Waals surface area contributed by atoms with E-state index >= 15 is 0 Å². The Morgan fingerprint density at radius 3 is 2.26 bits per heavy atom. The Labute approximate surface area is 209 Å². The number of allylic oxidation sites excluding steroid dienone is 2. The van der Waals surface area contributed by atoms with Crippen LogP contribution in [0.3, 0.4) is 0 Å². The number of rotatable bonds is 8. The molecule has 1 aliphatic heterocycles. The maximum absolute atomic E-state index is 6.30. The van der Waals surface area contributed by atoms with Crippen molar-refractivity contribution in [3.8, 4) is 0 Å². The quantitative estimate of drug-likeness (QED) is 0.327. The normalized spacial score (nSPS) is 16.3. The highest BCUT2D eigenvalue weighted by Gasteiger charge is 2.15. The number of nitrogens with one attached hydrogen (secondary N) is 1. The molecule has 4 rings (SSSR count). The molecule has 3 heterocycles. The molecule has 1 fully saturated rings. The van der Waals surface area contributed by atoms with Gasteiger partial charge in [-0.25, -0.2) is 0 Å². The molecule has 0 saturated carbocycles. The van der Waals surface area contributed by atoms with Crippen molar-refractivity contribution in [3.63, 3.8) is 0 Å². The average Bonchev–Trinajstić information content (AvgIpc) is 3.45. The van der Waals surface area contributed by atoms with E-state index < -0.39 is 0 Å². The summed E-state index contributed by atoms with van der Waals surface area (Å²) in [6.07, 6.45) is 8.22. The summed E-state index contributed by atoms with van der Waals surface area (Å²) < 4.78 is 5.12. The third kappa shape index (κ3) is 8.35. The van der Waals surface area contributed by atoms with Crippen LogP contribution >= 0.6 is 0 Å². The molecule has 3 aromatic rings. The van der Waals surface area contributed by atoms with Gasteiger partial charge in [-0.05, 0) is 80.1 Å². The van der Waals surface area contributed by atoms with Crippen molar-refractivity contribution >= 4 is 11.4 Å². The number of aromatic nitrogens is 2. The highest BCUT2D eigenvalue weighted by atomic mass is 16.5. The third-order valence-corrected chi connectivity index (χ3v) is 5.98. The summed E-state index contributed by atoms with van der Waals surface area (Å²) >= 11 is 0. The molecule has 5 N–H and O–H groups in total. The molecule has 1 aliphatic rings. The smallest absolute Gasteiger partial charge is 0.0861 e. The molecular weight excluding hydrogens is 434 g/mol. The van der Waals surface area contributed by atoms with E-state index in [-0.39, 0.29) is 0 Å². The lowest BCUT2D eigenvalue weighted by molar-refractivity contribution is 0.195. The molecule has 35 heavy (non-hydrogen) atoms. The van der Waals surface area contributed by atoms with Gasteiger partial charge in [0.1, 0.15) is 0 Å². The topological polar surface area (TPSA) is 99.1 Å². The van der Waals surface area contributed by atoms with Crippen molar-refractivity contribution in [2.75, 3.05) is 26.8 Å². The van der Waals surface area contributed by atoms with Gasteiger partial charge in [-0.1, -0.05) is 42.0 Å². The van der Waals surface area contributed by atoms with Crippen LogP contribution in [-0.2, 0) is 4.74 Å². The first-order valence-corrected chi connectivity index (χ1v) is 12.1. The molecule has 1 unspecified atom stereocenters. The summed E-state index contributed by atoms with van der Waals surface area (Å²) in [4.78, 5) is 8.57. The number of nitrogens with two attached hydrogens (primary N) is 2. The molecule has 6 nitrogen and oxygen atoms in total. The summed E-state index contributed by atoms with van der Waals surface area (Å²) in [5.41, 5.74) is 18.9. The van der Waals surface area contributed by atoms with Crippen LogP contribution in [0.1, 0.15) is 47.7 Å². The first-order chi connectivity index (χ1) is 17.1. The van der Waals surface area contributed by atoms with Crippen molar-refractivity contribution in [1.82, 2.24) is 15.3 Å². The fourth-order valence-electron chi connectivity index (χ4n) is 3.95. The monoisotopic (exact) mass is 471 g/mol. The number of methoxy groups -OCH3 is 1. The number of hydrogen-bond donors (Lipinski definition) is 3. The van der Waals surface area contributed by atoms with E-state index in [1.165, 1.54) is 24.1 Å². The van der Waals surface area contributed by atoms with Crippen LogP contribution < -0.4 is 16.8 Å². The Bertz CT molecular complexity index is 1070. The van der Waals surface area contributed by atoms with Crippen molar-refractivity contribution < 1.29 is 4.74 Å². The molecule has 1 aromatic carbocycles. The number of pyridine rings is 2. The Kier molecular flexibility index (Phi) is 10.5. The van der Waals surface area contributed by atoms with E-state index in [2.05, 4.69) is 46.5 Å². The third-order valence-electron chi connectivity index (χ3n) is 5.98. The molecule has 0 radical (unpaired) electrons. The van der Waals surface area contributed by atoms with Crippen LogP contribution in [0.2, 0.25) is 0 Å².